The van der Waals surface area contributed by atoms with Gasteiger partial charge in [0.2, 0.25) is 0 Å². The van der Waals surface area contributed by atoms with Gasteiger partial charge in [-0.3, -0.25) is 0 Å². The van der Waals surface area contributed by atoms with Crippen molar-refractivity contribution >= 4 is 0 Å². The van der Waals surface area contributed by atoms with Crippen molar-refractivity contribution in [3.63, 3.8) is 0 Å². The Hall–Kier alpha value is -0.340. The molecular formula is C30H50O2. The van der Waals surface area contributed by atoms with Crippen molar-refractivity contribution in [1.29, 1.82) is 0 Å². The zero-order valence-electron chi connectivity index (χ0n) is 22.1. The predicted octanol–water partition coefficient (Wildman–Crippen LogP) is 7.14. The number of aliphatic hydroxyl groups excluding tert-OH is 2. The van der Waals surface area contributed by atoms with Crippen LogP contribution in [-0.2, 0) is 0 Å². The first-order valence-electron chi connectivity index (χ1n) is 13.8. The highest BCUT2D eigenvalue weighted by Crippen LogP contribution is 2.75. The Labute approximate surface area is 197 Å². The van der Waals surface area contributed by atoms with Gasteiger partial charge in [0.1, 0.15) is 0 Å². The van der Waals surface area contributed by atoms with E-state index >= 15 is 0 Å². The Kier molecular flexibility index (Phi) is 5.02. The summed E-state index contributed by atoms with van der Waals surface area (Å²) in [5, 5.41) is 22.1. The van der Waals surface area contributed by atoms with Gasteiger partial charge in [0.25, 0.3) is 0 Å². The van der Waals surface area contributed by atoms with E-state index in [1.54, 1.807) is 5.57 Å². The lowest BCUT2D eigenvalue weighted by Crippen LogP contribution is -2.65. The van der Waals surface area contributed by atoms with Gasteiger partial charge in [-0.2, -0.15) is 0 Å². The van der Waals surface area contributed by atoms with Crippen molar-refractivity contribution in [2.24, 2.45) is 50.2 Å². The molecule has 182 valence electrons. The van der Waals surface area contributed by atoms with Crippen LogP contribution < -0.4 is 0 Å². The Bertz CT molecular complexity index is 810. The number of rotatable bonds is 1. The van der Waals surface area contributed by atoms with Crippen molar-refractivity contribution in [1.82, 2.24) is 0 Å². The number of aliphatic hydroxyl groups is 2. The minimum atomic E-state index is -0.175. The molecular weight excluding hydrogens is 392 g/mol. The predicted molar refractivity (Wildman–Crippen MR) is 132 cm³/mol. The summed E-state index contributed by atoms with van der Waals surface area (Å²) in [7, 11) is 0. The molecule has 2 nitrogen and oxygen atoms in total. The minimum Gasteiger partial charge on any atom is -0.395 e. The van der Waals surface area contributed by atoms with E-state index in [2.05, 4.69) is 54.5 Å². The van der Waals surface area contributed by atoms with Gasteiger partial charge in [-0.15, -0.1) is 0 Å². The highest BCUT2D eigenvalue weighted by Gasteiger charge is 2.69. The monoisotopic (exact) mass is 442 g/mol. The molecule has 0 saturated heterocycles. The van der Waals surface area contributed by atoms with Gasteiger partial charge in [0.15, 0.2) is 0 Å². The zero-order valence-corrected chi connectivity index (χ0v) is 22.1. The second-order valence-electron chi connectivity index (χ2n) is 15.2. The van der Waals surface area contributed by atoms with Crippen LogP contribution in [0.15, 0.2) is 11.6 Å². The average molecular weight is 443 g/mol. The quantitative estimate of drug-likeness (QED) is 0.424. The lowest BCUT2D eigenvalue weighted by atomic mass is 9.33. The van der Waals surface area contributed by atoms with Crippen LogP contribution in [0, 0.1) is 50.2 Å². The number of hydrogen-bond acceptors (Lipinski definition) is 2. The van der Waals surface area contributed by atoms with Crippen LogP contribution in [0.5, 0.6) is 0 Å². The second kappa shape index (κ2) is 6.87. The molecule has 0 amide bonds. The van der Waals surface area contributed by atoms with Gasteiger partial charge in [0.05, 0.1) is 12.7 Å². The van der Waals surface area contributed by atoms with Crippen LogP contribution in [0.2, 0.25) is 0 Å². The molecule has 2 N–H and O–H groups in total. The molecule has 2 heteroatoms. The summed E-state index contributed by atoms with van der Waals surface area (Å²) in [5.74, 6) is 1.82. The molecule has 0 heterocycles. The molecule has 0 spiro atoms. The van der Waals surface area contributed by atoms with E-state index in [0.29, 0.717) is 35.2 Å². The van der Waals surface area contributed by atoms with Crippen LogP contribution in [0.1, 0.15) is 113 Å². The molecule has 0 bridgehead atoms. The Morgan fingerprint density at radius 1 is 0.844 bits per heavy atom. The Morgan fingerprint density at radius 2 is 1.53 bits per heavy atom. The van der Waals surface area contributed by atoms with E-state index in [1.165, 1.54) is 51.4 Å². The molecule has 4 fully saturated rings. The molecule has 0 radical (unpaired) electrons. The smallest absolute Gasteiger partial charge is 0.0594 e. The fourth-order valence-electron chi connectivity index (χ4n) is 10.7. The largest absolute Gasteiger partial charge is 0.395 e. The summed E-state index contributed by atoms with van der Waals surface area (Å²) >= 11 is 0. The summed E-state index contributed by atoms with van der Waals surface area (Å²) < 4.78 is 0. The zero-order chi connectivity index (χ0) is 23.4. The molecule has 32 heavy (non-hydrogen) atoms. The van der Waals surface area contributed by atoms with Gasteiger partial charge in [0, 0.05) is 5.41 Å². The topological polar surface area (TPSA) is 40.5 Å². The Balaban J connectivity index is 1.60. The van der Waals surface area contributed by atoms with Crippen LogP contribution in [-0.4, -0.2) is 22.9 Å². The first kappa shape index (κ1) is 23.4. The molecule has 0 unspecified atom stereocenters. The van der Waals surface area contributed by atoms with E-state index in [0.717, 1.165) is 12.8 Å². The van der Waals surface area contributed by atoms with Gasteiger partial charge in [-0.1, -0.05) is 60.1 Å². The van der Waals surface area contributed by atoms with Crippen LogP contribution in [0.25, 0.3) is 0 Å². The van der Waals surface area contributed by atoms with Crippen molar-refractivity contribution in [2.45, 2.75) is 119 Å². The molecule has 8 atom stereocenters. The molecule has 0 aromatic heterocycles. The average Bonchev–Trinajstić information content (AvgIpc) is 2.71. The maximum absolute atomic E-state index is 11.2. The second-order valence-corrected chi connectivity index (χ2v) is 15.2. The normalized spacial score (nSPS) is 53.8. The highest BCUT2D eigenvalue weighted by atomic mass is 16.3. The molecule has 5 rings (SSSR count). The third-order valence-corrected chi connectivity index (χ3v) is 13.0. The summed E-state index contributed by atoms with van der Waals surface area (Å²) in [5.41, 5.74) is 2.86. The maximum atomic E-state index is 11.2. The Morgan fingerprint density at radius 3 is 2.22 bits per heavy atom. The minimum absolute atomic E-state index is 0.0107. The van der Waals surface area contributed by atoms with E-state index in [1.807, 2.05) is 0 Å². The third kappa shape index (κ3) is 2.78. The molecule has 5 aliphatic rings. The summed E-state index contributed by atoms with van der Waals surface area (Å²) in [6.45, 7) is 17.6. The number of hydrogen-bond donors (Lipinski definition) is 2. The molecule has 0 aliphatic heterocycles. The van der Waals surface area contributed by atoms with E-state index < -0.39 is 0 Å². The molecule has 0 aromatic rings. The van der Waals surface area contributed by atoms with Gasteiger partial charge in [-0.25, -0.2) is 0 Å². The third-order valence-electron chi connectivity index (χ3n) is 13.0. The first-order chi connectivity index (χ1) is 14.8. The van der Waals surface area contributed by atoms with Crippen molar-refractivity contribution in [2.75, 3.05) is 6.61 Å². The highest BCUT2D eigenvalue weighted by molar-refractivity contribution is 5.34. The molecule has 0 aromatic carbocycles. The number of fused-ring (bicyclic) bond motifs is 7. The first-order valence-corrected chi connectivity index (χ1v) is 13.8. The van der Waals surface area contributed by atoms with Crippen molar-refractivity contribution in [3.05, 3.63) is 11.6 Å². The van der Waals surface area contributed by atoms with Gasteiger partial charge < -0.3 is 10.2 Å². The van der Waals surface area contributed by atoms with E-state index in [9.17, 15) is 10.2 Å². The van der Waals surface area contributed by atoms with Gasteiger partial charge in [-0.05, 0) is 109 Å². The van der Waals surface area contributed by atoms with E-state index in [4.69, 9.17) is 0 Å². The van der Waals surface area contributed by atoms with Crippen molar-refractivity contribution in [3.8, 4) is 0 Å². The molecule has 5 aliphatic carbocycles. The number of allylic oxidation sites excluding steroid dienone is 1. The summed E-state index contributed by atoms with van der Waals surface area (Å²) in [4.78, 5) is 0. The SMILES string of the molecule is CC1(C)CC[C@]2(C)CC[C@]3(CO)C(=CC[C@H]4[C@@]5(C)CC[C@H](O)C(C)(C)[C@@H]5CC[C@]43C)[C@H]2C1. The molecule has 4 saturated carbocycles. The van der Waals surface area contributed by atoms with Gasteiger partial charge >= 0.3 is 0 Å². The summed E-state index contributed by atoms with van der Waals surface area (Å²) in [6.07, 6.45) is 14.6. The fraction of sp³-hybridized carbons (Fsp3) is 0.933. The van der Waals surface area contributed by atoms with E-state index in [-0.39, 0.29) is 27.8 Å². The van der Waals surface area contributed by atoms with Crippen molar-refractivity contribution < 1.29 is 10.2 Å². The standard InChI is InChI=1S/C30H50O2/c1-25(2)14-15-27(5)16-17-30(19-31)20(21(27)18-25)8-9-23-28(6)12-11-24(32)26(3,4)22(28)10-13-29(23,30)7/h8,21-24,31-32H,9-19H2,1-7H3/t21-,22+,23+,24+,27-,28+,29-,30+/m1/s1. The fourth-order valence-corrected chi connectivity index (χ4v) is 10.7. The maximum Gasteiger partial charge on any atom is 0.0594 e. The lowest BCUT2D eigenvalue weighted by molar-refractivity contribution is -0.212. The lowest BCUT2D eigenvalue weighted by Gasteiger charge is -2.71. The summed E-state index contributed by atoms with van der Waals surface area (Å²) in [6, 6.07) is 0. The van der Waals surface area contributed by atoms with Crippen LogP contribution in [0.4, 0.5) is 0 Å². The van der Waals surface area contributed by atoms with Crippen LogP contribution >= 0.6 is 0 Å². The van der Waals surface area contributed by atoms with Crippen LogP contribution in [0.3, 0.4) is 0 Å².